The molecule has 0 radical (unpaired) electrons. The summed E-state index contributed by atoms with van der Waals surface area (Å²) in [5.41, 5.74) is 0. The predicted molar refractivity (Wildman–Crippen MR) is 82.6 cm³/mol. The summed E-state index contributed by atoms with van der Waals surface area (Å²) in [4.78, 5) is 11.8. The maximum absolute atomic E-state index is 11.8. The number of amides is 1. The van der Waals surface area contributed by atoms with Crippen LogP contribution >= 0.6 is 21.6 Å². The van der Waals surface area contributed by atoms with Crippen LogP contribution in [0.25, 0.3) is 0 Å². The van der Waals surface area contributed by atoms with Gasteiger partial charge in [-0.25, -0.2) is 0 Å². The van der Waals surface area contributed by atoms with Gasteiger partial charge in [0.05, 0.1) is 6.10 Å². The van der Waals surface area contributed by atoms with Crippen LogP contribution in [0.5, 0.6) is 0 Å². The number of aliphatic hydroxyl groups excluding tert-OH is 3. The van der Waals surface area contributed by atoms with E-state index in [9.17, 15) is 20.1 Å². The number of hydrogen-bond acceptors (Lipinski definition) is 7. The molecule has 4 N–H and O–H groups in total. The molecule has 21 heavy (non-hydrogen) atoms. The van der Waals surface area contributed by atoms with Crippen LogP contribution in [0, 0.1) is 0 Å². The third-order valence-electron chi connectivity index (χ3n) is 3.67. The molecule has 2 fully saturated rings. The molecule has 0 bridgehead atoms. The van der Waals surface area contributed by atoms with Crippen LogP contribution in [-0.4, -0.2) is 57.0 Å². The zero-order valence-corrected chi connectivity index (χ0v) is 13.4. The highest BCUT2D eigenvalue weighted by molar-refractivity contribution is 8.77. The molecule has 2 heterocycles. The smallest absolute Gasteiger partial charge is 0.221 e. The fourth-order valence-electron chi connectivity index (χ4n) is 2.42. The summed E-state index contributed by atoms with van der Waals surface area (Å²) in [6.45, 7) is 0. The fourth-order valence-corrected chi connectivity index (χ4v) is 5.45. The molecule has 0 saturated carbocycles. The summed E-state index contributed by atoms with van der Waals surface area (Å²) in [6, 6.07) is 0. The summed E-state index contributed by atoms with van der Waals surface area (Å²) < 4.78 is 5.03. The van der Waals surface area contributed by atoms with Gasteiger partial charge < -0.3 is 25.4 Å². The number of carbonyl (C=O) groups excluding carboxylic acids is 1. The van der Waals surface area contributed by atoms with Crippen LogP contribution in [0.2, 0.25) is 0 Å². The molecule has 122 valence electrons. The van der Waals surface area contributed by atoms with Gasteiger partial charge in [0.2, 0.25) is 5.91 Å². The second-order valence-corrected chi connectivity index (χ2v) is 8.24. The second kappa shape index (κ2) is 8.59. The molecule has 0 aromatic carbocycles. The fraction of sp³-hybridized carbons (Fsp3) is 0.923. The Balaban J connectivity index is 1.58. The summed E-state index contributed by atoms with van der Waals surface area (Å²) in [7, 11) is 3.87. The third kappa shape index (κ3) is 5.61. The van der Waals surface area contributed by atoms with Crippen molar-refractivity contribution in [1.82, 2.24) is 5.32 Å². The number of ether oxygens (including phenoxy) is 1. The molecule has 0 aromatic heterocycles. The highest BCUT2D eigenvalue weighted by atomic mass is 33.1. The molecule has 1 amide bonds. The van der Waals surface area contributed by atoms with Crippen LogP contribution in [0.15, 0.2) is 0 Å². The Kier molecular flexibility index (Phi) is 7.11. The van der Waals surface area contributed by atoms with E-state index in [4.69, 9.17) is 4.74 Å². The van der Waals surface area contributed by atoms with Gasteiger partial charge in [-0.15, -0.1) is 0 Å². The second-order valence-electron chi connectivity index (χ2n) is 5.45. The molecule has 0 aliphatic carbocycles. The van der Waals surface area contributed by atoms with Crippen molar-refractivity contribution < 1.29 is 24.9 Å². The summed E-state index contributed by atoms with van der Waals surface area (Å²) in [5.74, 6) is 1.08. The van der Waals surface area contributed by atoms with Crippen LogP contribution < -0.4 is 5.32 Å². The van der Waals surface area contributed by atoms with Crippen molar-refractivity contribution in [2.75, 3.05) is 5.75 Å². The van der Waals surface area contributed by atoms with Crippen molar-refractivity contribution in [1.29, 1.82) is 0 Å². The van der Waals surface area contributed by atoms with E-state index in [0.717, 1.165) is 24.5 Å². The highest BCUT2D eigenvalue weighted by Crippen LogP contribution is 2.39. The van der Waals surface area contributed by atoms with Gasteiger partial charge >= 0.3 is 0 Å². The number of unbranched alkanes of at least 4 members (excludes halogenated alkanes) is 1. The minimum Gasteiger partial charge on any atom is -0.390 e. The summed E-state index contributed by atoms with van der Waals surface area (Å²) >= 11 is 0. The monoisotopic (exact) mass is 337 g/mol. The number of hydrogen-bond donors (Lipinski definition) is 4. The van der Waals surface area contributed by atoms with Gasteiger partial charge in [0.25, 0.3) is 0 Å². The van der Waals surface area contributed by atoms with E-state index in [0.29, 0.717) is 6.42 Å². The molecular weight excluding hydrogens is 314 g/mol. The SMILES string of the molecule is O=C(CCCC[C@@H]1CCSS1)N[C@H]1C[C@@H](O)[C@H](O)[C@@H](O)O1. The summed E-state index contributed by atoms with van der Waals surface area (Å²) in [5, 5.41) is 31.6. The van der Waals surface area contributed by atoms with Crippen LogP contribution in [0.1, 0.15) is 38.5 Å². The lowest BCUT2D eigenvalue weighted by Gasteiger charge is -2.34. The molecular formula is C13H23NO5S2. The van der Waals surface area contributed by atoms with E-state index < -0.39 is 24.7 Å². The lowest BCUT2D eigenvalue weighted by Crippen LogP contribution is -2.53. The van der Waals surface area contributed by atoms with Gasteiger partial charge in [-0.2, -0.15) is 0 Å². The largest absolute Gasteiger partial charge is 0.390 e. The quantitative estimate of drug-likeness (QED) is 0.416. The molecule has 2 aliphatic rings. The molecule has 2 aliphatic heterocycles. The number of aliphatic hydroxyl groups is 3. The molecule has 0 unspecified atom stereocenters. The molecule has 0 aromatic rings. The maximum Gasteiger partial charge on any atom is 0.221 e. The highest BCUT2D eigenvalue weighted by Gasteiger charge is 2.36. The zero-order valence-electron chi connectivity index (χ0n) is 11.8. The Morgan fingerprint density at radius 3 is 2.76 bits per heavy atom. The molecule has 2 rings (SSSR count). The Labute approximate surface area is 132 Å². The minimum absolute atomic E-state index is 0.0832. The van der Waals surface area contributed by atoms with Crippen LogP contribution in [0.4, 0.5) is 0 Å². The Bertz CT molecular complexity index is 329. The van der Waals surface area contributed by atoms with Crippen molar-refractivity contribution in [2.45, 2.75) is 68.5 Å². The van der Waals surface area contributed by atoms with Crippen molar-refractivity contribution in [3.05, 3.63) is 0 Å². The molecule has 2 saturated heterocycles. The average Bonchev–Trinajstić information content (AvgIpc) is 2.94. The first kappa shape index (κ1) is 17.4. The van der Waals surface area contributed by atoms with E-state index >= 15 is 0 Å². The third-order valence-corrected chi connectivity index (χ3v) is 6.68. The van der Waals surface area contributed by atoms with Crippen molar-refractivity contribution in [3.63, 3.8) is 0 Å². The van der Waals surface area contributed by atoms with Crippen LogP contribution in [-0.2, 0) is 9.53 Å². The first-order valence-corrected chi connectivity index (χ1v) is 9.72. The number of rotatable bonds is 6. The minimum atomic E-state index is -1.46. The van der Waals surface area contributed by atoms with Crippen molar-refractivity contribution in [2.24, 2.45) is 0 Å². The van der Waals surface area contributed by atoms with E-state index in [1.165, 1.54) is 12.2 Å². The molecule has 0 spiro atoms. The lowest BCUT2D eigenvalue weighted by molar-refractivity contribution is -0.251. The first-order chi connectivity index (χ1) is 10.1. The first-order valence-electron chi connectivity index (χ1n) is 7.33. The Morgan fingerprint density at radius 2 is 2.10 bits per heavy atom. The zero-order chi connectivity index (χ0) is 15.2. The molecule has 6 nitrogen and oxygen atoms in total. The Morgan fingerprint density at radius 1 is 1.29 bits per heavy atom. The van der Waals surface area contributed by atoms with E-state index in [1.54, 1.807) is 0 Å². The van der Waals surface area contributed by atoms with Crippen LogP contribution in [0.3, 0.4) is 0 Å². The lowest BCUT2D eigenvalue weighted by atomic mass is 10.1. The van der Waals surface area contributed by atoms with Gasteiger partial charge in [-0.05, 0) is 19.3 Å². The van der Waals surface area contributed by atoms with Gasteiger partial charge in [0.15, 0.2) is 6.29 Å². The van der Waals surface area contributed by atoms with Gasteiger partial charge in [0, 0.05) is 23.8 Å². The van der Waals surface area contributed by atoms with E-state index in [-0.39, 0.29) is 12.3 Å². The average molecular weight is 337 g/mol. The summed E-state index contributed by atoms with van der Waals surface area (Å²) in [6.07, 6.45) is 0.151. The van der Waals surface area contributed by atoms with Crippen molar-refractivity contribution in [3.8, 4) is 0 Å². The van der Waals surface area contributed by atoms with E-state index in [2.05, 4.69) is 5.32 Å². The van der Waals surface area contributed by atoms with Gasteiger partial charge in [-0.1, -0.05) is 28.0 Å². The van der Waals surface area contributed by atoms with E-state index in [1.807, 2.05) is 21.6 Å². The Hall–Kier alpha value is 0.01000. The topological polar surface area (TPSA) is 99.0 Å². The van der Waals surface area contributed by atoms with Gasteiger partial charge in [-0.3, -0.25) is 4.79 Å². The molecule has 8 heteroatoms. The maximum atomic E-state index is 11.8. The van der Waals surface area contributed by atoms with Gasteiger partial charge in [0.1, 0.15) is 12.3 Å². The number of carbonyl (C=O) groups is 1. The number of nitrogens with one attached hydrogen (secondary N) is 1. The van der Waals surface area contributed by atoms with Crippen molar-refractivity contribution >= 4 is 27.5 Å². The normalized spacial score (nSPS) is 36.6. The molecule has 5 atom stereocenters. The predicted octanol–water partition coefficient (Wildman–Crippen LogP) is 0.603. The standard InChI is InChI=1S/C13H23NO5S2/c15-9-7-11(19-13(18)12(9)17)14-10(16)4-2-1-3-8-5-6-20-21-8/h8-9,11-13,15,17-18H,1-7H2,(H,14,16)/t8-,9-,11-,12+,13+/m1/s1.